The number of hydrogen-bond acceptors (Lipinski definition) is 4. The molecule has 0 heterocycles. The third kappa shape index (κ3) is 5.44. The van der Waals surface area contributed by atoms with Crippen LogP contribution >= 0.6 is 34.8 Å². The van der Waals surface area contributed by atoms with Gasteiger partial charge in [-0.1, -0.05) is 29.3 Å². The second kappa shape index (κ2) is 8.17. The Balaban J connectivity index is 1.90. The van der Waals surface area contributed by atoms with Crippen molar-refractivity contribution in [3.63, 3.8) is 0 Å². The Hall–Kier alpha value is -1.75. The van der Waals surface area contributed by atoms with E-state index in [2.05, 4.69) is 0 Å². The summed E-state index contributed by atoms with van der Waals surface area (Å²) in [7, 11) is 0. The van der Waals surface area contributed by atoms with E-state index in [0.717, 1.165) is 0 Å². The fourth-order valence-corrected chi connectivity index (χ4v) is 3.40. The summed E-state index contributed by atoms with van der Waals surface area (Å²) < 4.78 is 11.2. The fourth-order valence-electron chi connectivity index (χ4n) is 2.79. The molecule has 4 nitrogen and oxygen atoms in total. The van der Waals surface area contributed by atoms with Crippen molar-refractivity contribution in [3.8, 4) is 11.5 Å². The minimum Gasteiger partial charge on any atom is -0.459 e. The molecule has 0 aliphatic heterocycles. The molecule has 0 N–H and O–H groups in total. The van der Waals surface area contributed by atoms with E-state index >= 15 is 0 Å². The van der Waals surface area contributed by atoms with Crippen LogP contribution in [-0.4, -0.2) is 22.2 Å². The molecule has 1 saturated carbocycles. The zero-order valence-corrected chi connectivity index (χ0v) is 18.6. The van der Waals surface area contributed by atoms with Crippen molar-refractivity contribution < 1.29 is 19.1 Å². The molecule has 2 aromatic carbocycles. The molecular formula is C22H21Cl3O4. The van der Waals surface area contributed by atoms with E-state index in [4.69, 9.17) is 44.3 Å². The van der Waals surface area contributed by atoms with Crippen LogP contribution in [0.25, 0.3) is 0 Å². The number of benzene rings is 2. The smallest absolute Gasteiger partial charge is 0.321 e. The lowest BCUT2D eigenvalue weighted by Gasteiger charge is -2.25. The lowest BCUT2D eigenvalue weighted by molar-refractivity contribution is -0.158. The van der Waals surface area contributed by atoms with Gasteiger partial charge in [-0.15, -0.1) is 11.6 Å². The summed E-state index contributed by atoms with van der Waals surface area (Å²) in [6.45, 7) is 5.22. The van der Waals surface area contributed by atoms with Gasteiger partial charge >= 0.3 is 5.97 Å². The molecule has 0 amide bonds. The topological polar surface area (TPSA) is 52.6 Å². The van der Waals surface area contributed by atoms with Gasteiger partial charge in [0.2, 0.25) is 0 Å². The maximum atomic E-state index is 13.0. The Morgan fingerprint density at radius 1 is 1.00 bits per heavy atom. The van der Waals surface area contributed by atoms with Gasteiger partial charge in [-0.25, -0.2) is 0 Å². The quantitative estimate of drug-likeness (QED) is 0.281. The highest BCUT2D eigenvalue weighted by Gasteiger charge is 2.53. The lowest BCUT2D eigenvalue weighted by Crippen LogP contribution is -2.35. The Morgan fingerprint density at radius 3 is 2.10 bits per heavy atom. The number of ketones is 1. The van der Waals surface area contributed by atoms with E-state index in [-0.39, 0.29) is 10.8 Å². The zero-order valence-electron chi connectivity index (χ0n) is 16.3. The van der Waals surface area contributed by atoms with Gasteiger partial charge in [-0.2, -0.15) is 0 Å². The number of carbonyl (C=O) groups is 2. The van der Waals surface area contributed by atoms with Crippen LogP contribution < -0.4 is 4.74 Å². The molecule has 3 rings (SSSR count). The first-order valence-corrected chi connectivity index (χ1v) is 10.3. The van der Waals surface area contributed by atoms with Crippen LogP contribution in [-0.2, 0) is 14.3 Å². The highest BCUT2D eigenvalue weighted by molar-refractivity contribution is 6.40. The molecule has 1 unspecified atom stereocenters. The van der Waals surface area contributed by atoms with E-state index in [1.807, 2.05) is 0 Å². The Bertz CT molecular complexity index is 928. The third-order valence-corrected chi connectivity index (χ3v) is 5.51. The van der Waals surface area contributed by atoms with Gasteiger partial charge in [0.15, 0.2) is 5.78 Å². The van der Waals surface area contributed by atoms with Gasteiger partial charge in [-0.3, -0.25) is 9.59 Å². The van der Waals surface area contributed by atoms with Gasteiger partial charge < -0.3 is 9.47 Å². The summed E-state index contributed by atoms with van der Waals surface area (Å²) in [4.78, 5) is 24.8. The zero-order chi connectivity index (χ0) is 21.4. The van der Waals surface area contributed by atoms with Crippen LogP contribution in [0.2, 0.25) is 10.0 Å². The van der Waals surface area contributed by atoms with Crippen LogP contribution in [0, 0.1) is 0 Å². The van der Waals surface area contributed by atoms with E-state index in [1.165, 1.54) is 0 Å². The van der Waals surface area contributed by atoms with Crippen molar-refractivity contribution in [1.29, 1.82) is 0 Å². The summed E-state index contributed by atoms with van der Waals surface area (Å²) in [5.41, 5.74) is -0.399. The molecule has 1 aliphatic carbocycles. The first-order valence-electron chi connectivity index (χ1n) is 9.17. The van der Waals surface area contributed by atoms with Crippen molar-refractivity contribution in [2.75, 3.05) is 0 Å². The maximum Gasteiger partial charge on any atom is 0.321 e. The molecule has 154 valence electrons. The first kappa shape index (κ1) is 21.9. The SMILES string of the molecule is CC(C)(C)OC(=O)C(C(=O)C1(Cl)CC1)c1ccc(Oc2ccc(Cl)cc2)cc1Cl. The van der Waals surface area contributed by atoms with Gasteiger partial charge in [0.1, 0.15) is 27.9 Å². The minimum atomic E-state index is -1.19. The molecule has 2 aromatic rings. The standard InChI is InChI=1S/C22H21Cl3O4/c1-21(2,3)29-20(27)18(19(26)22(25)10-11-22)16-9-8-15(12-17(16)24)28-14-6-4-13(23)5-7-14/h4-9,12,18H,10-11H2,1-3H3. The maximum absolute atomic E-state index is 13.0. The van der Waals surface area contributed by atoms with Gasteiger partial charge in [0.05, 0.1) is 0 Å². The number of alkyl halides is 1. The van der Waals surface area contributed by atoms with Crippen molar-refractivity contribution in [1.82, 2.24) is 0 Å². The summed E-state index contributed by atoms with van der Waals surface area (Å²) >= 11 is 18.6. The Kier molecular flexibility index (Phi) is 6.19. The van der Waals surface area contributed by atoms with Crippen LogP contribution in [0.1, 0.15) is 45.1 Å². The summed E-state index contributed by atoms with van der Waals surface area (Å²) in [6.07, 6.45) is 1.06. The van der Waals surface area contributed by atoms with Crippen molar-refractivity contribution >= 4 is 46.6 Å². The summed E-state index contributed by atoms with van der Waals surface area (Å²) in [6, 6.07) is 11.7. The van der Waals surface area contributed by atoms with Crippen LogP contribution in [0.3, 0.4) is 0 Å². The second-order valence-electron chi connectivity index (χ2n) is 8.04. The normalized spacial score (nSPS) is 16.1. The number of carbonyl (C=O) groups excluding carboxylic acids is 2. The number of Topliss-reactive ketones (excluding diaryl/α,β-unsaturated/α-hetero) is 1. The molecule has 0 saturated heterocycles. The number of hydrogen-bond donors (Lipinski definition) is 0. The Labute approximate surface area is 185 Å². The Morgan fingerprint density at radius 2 is 1.59 bits per heavy atom. The number of rotatable bonds is 6. The minimum absolute atomic E-state index is 0.224. The second-order valence-corrected chi connectivity index (χ2v) is 9.60. The van der Waals surface area contributed by atoms with E-state index < -0.39 is 22.4 Å². The average Bonchev–Trinajstić information content (AvgIpc) is 3.36. The van der Waals surface area contributed by atoms with Crippen LogP contribution in [0.15, 0.2) is 42.5 Å². The first-order chi connectivity index (χ1) is 13.5. The molecule has 0 radical (unpaired) electrons. The van der Waals surface area contributed by atoms with Gasteiger partial charge in [-0.05, 0) is 75.6 Å². The molecule has 1 fully saturated rings. The molecule has 0 bridgehead atoms. The largest absolute Gasteiger partial charge is 0.459 e. The molecule has 0 spiro atoms. The molecular weight excluding hydrogens is 435 g/mol. The molecule has 0 aromatic heterocycles. The predicted octanol–water partition coefficient (Wildman–Crippen LogP) is 6.55. The summed E-state index contributed by atoms with van der Waals surface area (Å²) in [5.74, 6) is -1.20. The van der Waals surface area contributed by atoms with Gasteiger partial charge in [0.25, 0.3) is 0 Å². The predicted molar refractivity (Wildman–Crippen MR) is 114 cm³/mol. The highest BCUT2D eigenvalue weighted by Crippen LogP contribution is 2.48. The molecule has 29 heavy (non-hydrogen) atoms. The molecule has 1 aliphatic rings. The molecule has 1 atom stereocenters. The van der Waals surface area contributed by atoms with Crippen LogP contribution in [0.5, 0.6) is 11.5 Å². The summed E-state index contributed by atoms with van der Waals surface area (Å²) in [5, 5.41) is 0.820. The average molecular weight is 456 g/mol. The van der Waals surface area contributed by atoms with Crippen molar-refractivity contribution in [2.45, 2.75) is 50.0 Å². The van der Waals surface area contributed by atoms with Crippen molar-refractivity contribution in [3.05, 3.63) is 58.1 Å². The fraction of sp³-hybridized carbons (Fsp3) is 0.364. The number of halogens is 3. The lowest BCUT2D eigenvalue weighted by atomic mass is 9.91. The van der Waals surface area contributed by atoms with Gasteiger partial charge in [0, 0.05) is 10.0 Å². The third-order valence-electron chi connectivity index (χ3n) is 4.37. The number of esters is 1. The number of ether oxygens (including phenoxy) is 2. The van der Waals surface area contributed by atoms with Crippen LogP contribution in [0.4, 0.5) is 0 Å². The van der Waals surface area contributed by atoms with Crippen molar-refractivity contribution in [2.24, 2.45) is 0 Å². The van der Waals surface area contributed by atoms with E-state index in [9.17, 15) is 9.59 Å². The van der Waals surface area contributed by atoms with E-state index in [1.54, 1.807) is 63.2 Å². The highest BCUT2D eigenvalue weighted by atomic mass is 35.5. The van der Waals surface area contributed by atoms with E-state index in [0.29, 0.717) is 34.9 Å². The monoisotopic (exact) mass is 454 g/mol. The molecule has 7 heteroatoms.